The minimum absolute atomic E-state index is 0.0425. The van der Waals surface area contributed by atoms with Crippen LogP contribution in [-0.2, 0) is 4.79 Å². The van der Waals surface area contributed by atoms with Gasteiger partial charge in [-0.3, -0.25) is 9.69 Å². The molecule has 0 bridgehead atoms. The minimum atomic E-state index is -0.991. The quantitative estimate of drug-likeness (QED) is 0.770. The second kappa shape index (κ2) is 6.27. The smallest absolute Gasteiger partial charge is 0.321 e. The Kier molecular flexibility index (Phi) is 4.96. The summed E-state index contributed by atoms with van der Waals surface area (Å²) in [5.41, 5.74) is -0.467. The molecule has 0 spiro atoms. The van der Waals surface area contributed by atoms with Gasteiger partial charge in [0.25, 0.3) is 0 Å². The number of amides is 2. The maximum atomic E-state index is 12.0. The molecule has 3 N–H and O–H groups in total. The Labute approximate surface area is 118 Å². The van der Waals surface area contributed by atoms with E-state index in [1.54, 1.807) is 33.0 Å². The summed E-state index contributed by atoms with van der Waals surface area (Å²) in [4.78, 5) is 24.4. The number of carboxylic acids is 1. The molecule has 1 atom stereocenters. The van der Waals surface area contributed by atoms with Crippen LogP contribution in [0.5, 0.6) is 5.75 Å². The van der Waals surface area contributed by atoms with Crippen molar-refractivity contribution in [3.63, 3.8) is 0 Å². The highest BCUT2D eigenvalue weighted by Crippen LogP contribution is 2.21. The van der Waals surface area contributed by atoms with E-state index in [2.05, 4.69) is 5.32 Å². The van der Waals surface area contributed by atoms with Crippen molar-refractivity contribution in [3.05, 3.63) is 24.3 Å². The predicted octanol–water partition coefficient (Wildman–Crippen LogP) is 2.04. The van der Waals surface area contributed by atoms with E-state index in [-0.39, 0.29) is 12.3 Å². The highest BCUT2D eigenvalue weighted by molar-refractivity contribution is 5.92. The van der Waals surface area contributed by atoms with E-state index in [9.17, 15) is 14.7 Å². The fraction of sp³-hybridized carbons (Fsp3) is 0.429. The van der Waals surface area contributed by atoms with Crippen LogP contribution >= 0.6 is 0 Å². The molecular weight excluding hydrogens is 260 g/mol. The van der Waals surface area contributed by atoms with Gasteiger partial charge in [0.05, 0.1) is 5.41 Å². The highest BCUT2D eigenvalue weighted by Gasteiger charge is 2.31. The first-order valence-corrected chi connectivity index (χ1v) is 6.34. The fourth-order valence-corrected chi connectivity index (χ4v) is 1.56. The van der Waals surface area contributed by atoms with Gasteiger partial charge in [-0.15, -0.1) is 0 Å². The summed E-state index contributed by atoms with van der Waals surface area (Å²) in [6.45, 7) is 3.39. The number of phenols is 1. The number of benzene rings is 1. The number of carbonyl (C=O) groups is 2. The van der Waals surface area contributed by atoms with Crippen LogP contribution in [0.15, 0.2) is 24.3 Å². The largest absolute Gasteiger partial charge is 0.508 e. The Morgan fingerprint density at radius 2 is 2.05 bits per heavy atom. The normalized spacial score (nSPS) is 13.3. The molecule has 0 heterocycles. The Hall–Kier alpha value is -2.24. The van der Waals surface area contributed by atoms with Crippen LogP contribution < -0.4 is 10.2 Å². The second-order valence-electron chi connectivity index (χ2n) is 4.96. The third kappa shape index (κ3) is 3.63. The molecule has 1 rings (SSSR count). The molecule has 6 nitrogen and oxygen atoms in total. The molecule has 1 unspecified atom stereocenters. The van der Waals surface area contributed by atoms with Crippen molar-refractivity contribution in [1.29, 1.82) is 0 Å². The molecule has 0 aliphatic carbocycles. The number of aromatic hydroxyl groups is 1. The molecule has 0 aliphatic rings. The summed E-state index contributed by atoms with van der Waals surface area (Å²) in [6, 6.07) is 5.84. The van der Waals surface area contributed by atoms with Crippen LogP contribution in [0.2, 0.25) is 0 Å². The summed E-state index contributed by atoms with van der Waals surface area (Å²) in [5, 5.41) is 21.1. The standard InChI is InChI=1S/C14H20N2O4/c1-4-14(2,12(18)19)9-15-13(20)16(3)10-6-5-7-11(17)8-10/h5-8,17H,4,9H2,1-3H3,(H,15,20)(H,18,19). The summed E-state index contributed by atoms with van der Waals surface area (Å²) in [7, 11) is 1.55. The van der Waals surface area contributed by atoms with E-state index in [0.29, 0.717) is 12.1 Å². The number of nitrogens with zero attached hydrogens (tertiary/aromatic N) is 1. The molecule has 0 aromatic heterocycles. The van der Waals surface area contributed by atoms with Crippen LogP contribution in [0, 0.1) is 5.41 Å². The maximum Gasteiger partial charge on any atom is 0.321 e. The van der Waals surface area contributed by atoms with Crippen LogP contribution in [0.3, 0.4) is 0 Å². The van der Waals surface area contributed by atoms with Crippen molar-refractivity contribution < 1.29 is 19.8 Å². The first-order chi connectivity index (χ1) is 9.30. The lowest BCUT2D eigenvalue weighted by Crippen LogP contribution is -2.45. The van der Waals surface area contributed by atoms with Crippen molar-refractivity contribution in [2.24, 2.45) is 5.41 Å². The van der Waals surface area contributed by atoms with Gasteiger partial charge in [0.15, 0.2) is 0 Å². The molecule has 0 radical (unpaired) electrons. The number of rotatable bonds is 5. The Morgan fingerprint density at radius 3 is 2.55 bits per heavy atom. The van der Waals surface area contributed by atoms with E-state index < -0.39 is 17.4 Å². The number of hydrogen-bond acceptors (Lipinski definition) is 3. The van der Waals surface area contributed by atoms with Crippen LogP contribution in [0.25, 0.3) is 0 Å². The molecule has 1 aromatic rings. The van der Waals surface area contributed by atoms with Gasteiger partial charge >= 0.3 is 12.0 Å². The first kappa shape index (κ1) is 15.8. The number of hydrogen-bond donors (Lipinski definition) is 3. The number of aliphatic carboxylic acids is 1. The number of anilines is 1. The minimum Gasteiger partial charge on any atom is -0.508 e. The number of nitrogens with one attached hydrogen (secondary N) is 1. The zero-order chi connectivity index (χ0) is 15.3. The Bertz CT molecular complexity index is 504. The van der Waals surface area contributed by atoms with E-state index in [4.69, 9.17) is 5.11 Å². The van der Waals surface area contributed by atoms with E-state index in [1.807, 2.05) is 0 Å². The average molecular weight is 280 g/mol. The van der Waals surface area contributed by atoms with Crippen molar-refractivity contribution >= 4 is 17.7 Å². The fourth-order valence-electron chi connectivity index (χ4n) is 1.56. The first-order valence-electron chi connectivity index (χ1n) is 6.34. The zero-order valence-corrected chi connectivity index (χ0v) is 11.9. The molecule has 0 saturated heterocycles. The van der Waals surface area contributed by atoms with Gasteiger partial charge in [-0.2, -0.15) is 0 Å². The van der Waals surface area contributed by atoms with Crippen molar-refractivity contribution in [2.75, 3.05) is 18.5 Å². The number of carbonyl (C=O) groups excluding carboxylic acids is 1. The third-order valence-corrected chi connectivity index (χ3v) is 3.45. The van der Waals surface area contributed by atoms with Gasteiger partial charge in [-0.25, -0.2) is 4.79 Å². The number of urea groups is 1. The molecular formula is C14H20N2O4. The average Bonchev–Trinajstić information content (AvgIpc) is 2.43. The monoisotopic (exact) mass is 280 g/mol. The van der Waals surface area contributed by atoms with Gasteiger partial charge in [-0.1, -0.05) is 13.0 Å². The SMILES string of the molecule is CCC(C)(CNC(=O)N(C)c1cccc(O)c1)C(=O)O. The van der Waals surface area contributed by atoms with Crippen LogP contribution in [0.4, 0.5) is 10.5 Å². The van der Waals surface area contributed by atoms with Crippen molar-refractivity contribution in [3.8, 4) is 5.75 Å². The Balaban J connectivity index is 2.70. The lowest BCUT2D eigenvalue weighted by Gasteiger charge is -2.25. The molecule has 20 heavy (non-hydrogen) atoms. The number of phenolic OH excluding ortho intramolecular Hbond substituents is 1. The van der Waals surface area contributed by atoms with Gasteiger partial charge in [0.2, 0.25) is 0 Å². The van der Waals surface area contributed by atoms with Gasteiger partial charge in [0.1, 0.15) is 5.75 Å². The molecule has 0 saturated carbocycles. The van der Waals surface area contributed by atoms with Crippen molar-refractivity contribution in [1.82, 2.24) is 5.32 Å². The maximum absolute atomic E-state index is 12.0. The summed E-state index contributed by atoms with van der Waals surface area (Å²) in [6.07, 6.45) is 0.415. The highest BCUT2D eigenvalue weighted by atomic mass is 16.4. The molecule has 0 fully saturated rings. The van der Waals surface area contributed by atoms with Gasteiger partial charge in [-0.05, 0) is 25.5 Å². The van der Waals surface area contributed by atoms with E-state index in [1.165, 1.54) is 17.0 Å². The molecule has 1 aromatic carbocycles. The molecule has 0 aliphatic heterocycles. The number of carboxylic acid groups (broad SMARTS) is 1. The van der Waals surface area contributed by atoms with Gasteiger partial charge in [0, 0.05) is 25.3 Å². The third-order valence-electron chi connectivity index (χ3n) is 3.45. The van der Waals surface area contributed by atoms with E-state index in [0.717, 1.165) is 0 Å². The topological polar surface area (TPSA) is 89.9 Å². The lowest BCUT2D eigenvalue weighted by molar-refractivity contribution is -0.147. The Morgan fingerprint density at radius 1 is 1.40 bits per heavy atom. The van der Waals surface area contributed by atoms with Crippen LogP contribution in [0.1, 0.15) is 20.3 Å². The molecule has 110 valence electrons. The van der Waals surface area contributed by atoms with Crippen molar-refractivity contribution in [2.45, 2.75) is 20.3 Å². The van der Waals surface area contributed by atoms with E-state index >= 15 is 0 Å². The van der Waals surface area contributed by atoms with Gasteiger partial charge < -0.3 is 15.5 Å². The molecule has 2 amide bonds. The molecule has 6 heteroatoms. The second-order valence-corrected chi connectivity index (χ2v) is 4.96. The zero-order valence-electron chi connectivity index (χ0n) is 11.9. The van der Waals surface area contributed by atoms with Crippen LogP contribution in [-0.4, -0.2) is 35.8 Å². The summed E-state index contributed by atoms with van der Waals surface area (Å²) < 4.78 is 0. The summed E-state index contributed by atoms with van der Waals surface area (Å²) in [5.74, 6) is -0.883. The summed E-state index contributed by atoms with van der Waals surface area (Å²) >= 11 is 0. The lowest BCUT2D eigenvalue weighted by atomic mass is 9.88. The predicted molar refractivity (Wildman–Crippen MR) is 75.9 cm³/mol.